The molecule has 1 saturated heterocycles. The summed E-state index contributed by atoms with van der Waals surface area (Å²) in [6, 6.07) is 3.63. The molecule has 2 atom stereocenters. The van der Waals surface area contributed by atoms with Crippen molar-refractivity contribution in [1.82, 2.24) is 14.8 Å². The third-order valence-corrected chi connectivity index (χ3v) is 5.68. The van der Waals surface area contributed by atoms with Crippen molar-refractivity contribution >= 4 is 18.2 Å². The first-order valence-corrected chi connectivity index (χ1v) is 8.72. The Kier molecular flexibility index (Phi) is 3.73. The maximum absolute atomic E-state index is 12.7. The Morgan fingerprint density at radius 1 is 1.19 bits per heavy atom. The Morgan fingerprint density at radius 3 is 2.46 bits per heavy atom. The number of nitrogens with zero attached hydrogens (tertiary/aromatic N) is 3. The molecule has 0 unspecified atom stereocenters. The third-order valence-electron chi connectivity index (χ3n) is 5.68. The van der Waals surface area contributed by atoms with E-state index in [1.165, 1.54) is 6.20 Å². The quantitative estimate of drug-likeness (QED) is 0.771. The lowest BCUT2D eigenvalue weighted by atomic mass is 9.80. The third kappa shape index (κ3) is 3.01. The highest BCUT2D eigenvalue weighted by molar-refractivity contribution is 6.49. The standard InChI is InChI=1S/C17H21BF3N3O2/c1-15(2)16(3,4)26-18(25-15)12-7-11(12)13-6-5-10-8-22-24(14(10)23-13)9-17(19,20)21/h5-6,8,11-12H,7,9H2,1-4H3/t11-,12-/m0/s1. The number of hydrogen-bond acceptors (Lipinski definition) is 4. The van der Waals surface area contributed by atoms with Gasteiger partial charge in [-0.25, -0.2) is 9.67 Å². The van der Waals surface area contributed by atoms with Crippen LogP contribution in [-0.2, 0) is 15.9 Å². The lowest BCUT2D eigenvalue weighted by Crippen LogP contribution is -2.41. The second-order valence-electron chi connectivity index (χ2n) is 8.20. The van der Waals surface area contributed by atoms with Crippen molar-refractivity contribution in [2.24, 2.45) is 0 Å². The molecular weight excluding hydrogens is 346 g/mol. The Hall–Kier alpha value is -1.61. The predicted octanol–water partition coefficient (Wildman–Crippen LogP) is 3.94. The highest BCUT2D eigenvalue weighted by Crippen LogP contribution is 2.58. The van der Waals surface area contributed by atoms with Crippen molar-refractivity contribution in [3.8, 4) is 0 Å². The summed E-state index contributed by atoms with van der Waals surface area (Å²) in [5.41, 5.74) is 0.238. The van der Waals surface area contributed by atoms with Crippen molar-refractivity contribution in [1.29, 1.82) is 0 Å². The van der Waals surface area contributed by atoms with E-state index < -0.39 is 23.9 Å². The van der Waals surface area contributed by atoms with Crippen LogP contribution in [0.15, 0.2) is 18.3 Å². The monoisotopic (exact) mass is 367 g/mol. The molecule has 5 nitrogen and oxygen atoms in total. The van der Waals surface area contributed by atoms with Crippen LogP contribution in [0.2, 0.25) is 5.82 Å². The minimum absolute atomic E-state index is 0.128. The number of pyridine rings is 1. The molecule has 0 radical (unpaired) electrons. The lowest BCUT2D eigenvalue weighted by Gasteiger charge is -2.32. The van der Waals surface area contributed by atoms with Crippen molar-refractivity contribution < 1.29 is 22.5 Å². The van der Waals surface area contributed by atoms with Crippen molar-refractivity contribution in [2.75, 3.05) is 0 Å². The van der Waals surface area contributed by atoms with Gasteiger partial charge >= 0.3 is 13.3 Å². The zero-order chi connectivity index (χ0) is 18.9. The predicted molar refractivity (Wildman–Crippen MR) is 90.8 cm³/mol. The van der Waals surface area contributed by atoms with Gasteiger partial charge in [-0.1, -0.05) is 0 Å². The zero-order valence-corrected chi connectivity index (χ0v) is 15.2. The van der Waals surface area contributed by atoms with Crippen LogP contribution < -0.4 is 0 Å². The van der Waals surface area contributed by atoms with Gasteiger partial charge in [0.1, 0.15) is 6.54 Å². The molecule has 0 amide bonds. The molecule has 2 aliphatic rings. The first-order valence-electron chi connectivity index (χ1n) is 8.72. The van der Waals surface area contributed by atoms with E-state index in [1.54, 1.807) is 6.07 Å². The van der Waals surface area contributed by atoms with E-state index in [9.17, 15) is 13.2 Å². The molecule has 0 N–H and O–H groups in total. The minimum Gasteiger partial charge on any atom is -0.403 e. The van der Waals surface area contributed by atoms with Crippen LogP contribution in [0.3, 0.4) is 0 Å². The maximum atomic E-state index is 12.7. The van der Waals surface area contributed by atoms with E-state index in [4.69, 9.17) is 9.31 Å². The Morgan fingerprint density at radius 2 is 1.85 bits per heavy atom. The van der Waals surface area contributed by atoms with Crippen LogP contribution in [0.25, 0.3) is 11.0 Å². The van der Waals surface area contributed by atoms with Crippen LogP contribution in [0.1, 0.15) is 45.7 Å². The topological polar surface area (TPSA) is 49.2 Å². The highest BCUT2D eigenvalue weighted by atomic mass is 19.4. The van der Waals surface area contributed by atoms with Crippen LogP contribution in [-0.4, -0.2) is 39.3 Å². The summed E-state index contributed by atoms with van der Waals surface area (Å²) in [5.74, 6) is 0.295. The molecule has 2 fully saturated rings. The van der Waals surface area contributed by atoms with E-state index in [1.807, 2.05) is 33.8 Å². The molecule has 26 heavy (non-hydrogen) atoms. The summed E-state index contributed by atoms with van der Waals surface area (Å²) in [6.07, 6.45) is -2.07. The lowest BCUT2D eigenvalue weighted by molar-refractivity contribution is -0.141. The number of hydrogen-bond donors (Lipinski definition) is 0. The average molecular weight is 367 g/mol. The van der Waals surface area contributed by atoms with Crippen LogP contribution >= 0.6 is 0 Å². The Balaban J connectivity index is 1.55. The molecule has 0 aromatic carbocycles. The second-order valence-corrected chi connectivity index (χ2v) is 8.20. The fourth-order valence-corrected chi connectivity index (χ4v) is 3.38. The number of alkyl halides is 3. The Labute approximate surface area is 150 Å². The smallest absolute Gasteiger partial charge is 0.403 e. The van der Waals surface area contributed by atoms with Crippen molar-refractivity contribution in [3.05, 3.63) is 24.0 Å². The van der Waals surface area contributed by atoms with E-state index in [-0.39, 0.29) is 24.5 Å². The van der Waals surface area contributed by atoms with Crippen LogP contribution in [0.5, 0.6) is 0 Å². The SMILES string of the molecule is CC1(C)OB([C@H]2C[C@@H]2c2ccc3cnn(CC(F)(F)F)c3n2)OC1(C)C. The van der Waals surface area contributed by atoms with Gasteiger partial charge in [0.15, 0.2) is 5.65 Å². The normalized spacial score (nSPS) is 27.3. The molecule has 1 aliphatic carbocycles. The van der Waals surface area contributed by atoms with Crippen molar-refractivity contribution in [2.45, 2.75) is 69.8 Å². The number of halogens is 3. The summed E-state index contributed by atoms with van der Waals surface area (Å²) in [5, 5.41) is 4.42. The van der Waals surface area contributed by atoms with E-state index in [0.29, 0.717) is 5.39 Å². The van der Waals surface area contributed by atoms with Gasteiger partial charge in [0.2, 0.25) is 0 Å². The van der Waals surface area contributed by atoms with Gasteiger partial charge in [-0.2, -0.15) is 18.3 Å². The molecule has 3 heterocycles. The Bertz CT molecular complexity index is 833. The van der Waals surface area contributed by atoms with Crippen LogP contribution in [0, 0.1) is 0 Å². The van der Waals surface area contributed by atoms with Gasteiger partial charge in [0.05, 0.1) is 17.4 Å². The van der Waals surface area contributed by atoms with Crippen molar-refractivity contribution in [3.63, 3.8) is 0 Å². The van der Waals surface area contributed by atoms with Gasteiger partial charge in [0, 0.05) is 22.8 Å². The van der Waals surface area contributed by atoms with Gasteiger partial charge < -0.3 is 9.31 Å². The summed E-state index contributed by atoms with van der Waals surface area (Å²) < 4.78 is 51.2. The van der Waals surface area contributed by atoms with E-state index in [0.717, 1.165) is 16.8 Å². The minimum atomic E-state index is -4.33. The van der Waals surface area contributed by atoms with E-state index in [2.05, 4.69) is 10.1 Å². The number of rotatable bonds is 3. The first kappa shape index (κ1) is 17.8. The first-order chi connectivity index (χ1) is 12.0. The fraction of sp³-hybridized carbons (Fsp3) is 0.647. The largest absolute Gasteiger partial charge is 0.461 e. The fourth-order valence-electron chi connectivity index (χ4n) is 3.38. The van der Waals surface area contributed by atoms with Crippen LogP contribution in [0.4, 0.5) is 13.2 Å². The summed E-state index contributed by atoms with van der Waals surface area (Å²) >= 11 is 0. The zero-order valence-electron chi connectivity index (χ0n) is 15.2. The van der Waals surface area contributed by atoms with Gasteiger partial charge in [0.25, 0.3) is 0 Å². The van der Waals surface area contributed by atoms with Gasteiger partial charge in [-0.3, -0.25) is 0 Å². The summed E-state index contributed by atoms with van der Waals surface area (Å²) in [6.45, 7) is 6.88. The highest BCUT2D eigenvalue weighted by Gasteiger charge is 2.60. The summed E-state index contributed by atoms with van der Waals surface area (Å²) in [4.78, 5) is 4.47. The maximum Gasteiger partial charge on any atom is 0.461 e. The van der Waals surface area contributed by atoms with Gasteiger partial charge in [-0.15, -0.1) is 0 Å². The molecule has 9 heteroatoms. The van der Waals surface area contributed by atoms with E-state index >= 15 is 0 Å². The molecular formula is C17H21BF3N3O2. The summed E-state index contributed by atoms with van der Waals surface area (Å²) in [7, 11) is -0.317. The molecule has 1 aliphatic heterocycles. The second kappa shape index (κ2) is 5.45. The number of fused-ring (bicyclic) bond motifs is 1. The molecule has 0 spiro atoms. The number of aromatic nitrogens is 3. The molecule has 2 aromatic heterocycles. The van der Waals surface area contributed by atoms with Gasteiger partial charge in [-0.05, 0) is 46.2 Å². The molecule has 0 bridgehead atoms. The molecule has 1 saturated carbocycles. The molecule has 2 aromatic rings. The molecule has 140 valence electrons. The molecule has 4 rings (SSSR count). The average Bonchev–Trinajstić information content (AvgIpc) is 3.16.